The van der Waals surface area contributed by atoms with Gasteiger partial charge in [-0.3, -0.25) is 4.99 Å². The molecule has 2 heterocycles. The second-order valence-electron chi connectivity index (χ2n) is 3.78. The second kappa shape index (κ2) is 3.77. The highest BCUT2D eigenvalue weighted by molar-refractivity contribution is 8.17. The highest BCUT2D eigenvalue weighted by Crippen LogP contribution is 2.43. The van der Waals surface area contributed by atoms with Gasteiger partial charge in [0.2, 0.25) is 0 Å². The van der Waals surface area contributed by atoms with Crippen LogP contribution in [-0.4, -0.2) is 38.4 Å². The van der Waals surface area contributed by atoms with Crippen molar-refractivity contribution in [2.45, 2.75) is 30.6 Å². The van der Waals surface area contributed by atoms with Crippen LogP contribution in [0.15, 0.2) is 4.99 Å². The van der Waals surface area contributed by atoms with Gasteiger partial charge >= 0.3 is 5.97 Å². The number of aliphatic carboxylic acids is 1. The largest absolute Gasteiger partial charge is 0.480 e. The molecular weight excluding hydrogens is 218 g/mol. The summed E-state index contributed by atoms with van der Waals surface area (Å²) < 4.78 is 0.106. The first kappa shape index (κ1) is 10.4. The van der Waals surface area contributed by atoms with Crippen molar-refractivity contribution < 1.29 is 9.90 Å². The zero-order chi connectivity index (χ0) is 10.2. The van der Waals surface area contributed by atoms with Crippen molar-refractivity contribution in [1.82, 2.24) is 0 Å². The summed E-state index contributed by atoms with van der Waals surface area (Å²) in [5, 5.41) is 9.88. The number of rotatable bonds is 2. The van der Waals surface area contributed by atoms with Crippen LogP contribution in [0.3, 0.4) is 0 Å². The lowest BCUT2D eigenvalue weighted by Crippen LogP contribution is -2.25. The van der Waals surface area contributed by atoms with Crippen LogP contribution >= 0.6 is 23.5 Å². The van der Waals surface area contributed by atoms with Gasteiger partial charge in [0.25, 0.3) is 0 Å². The molecule has 1 N–H and O–H groups in total. The van der Waals surface area contributed by atoms with Gasteiger partial charge in [0.15, 0.2) is 6.04 Å². The van der Waals surface area contributed by atoms with Crippen molar-refractivity contribution in [3.8, 4) is 0 Å². The molecule has 5 heteroatoms. The summed E-state index contributed by atoms with van der Waals surface area (Å²) >= 11 is 3.53. The molecule has 2 rings (SSSR count). The summed E-state index contributed by atoms with van der Waals surface area (Å²) in [4.78, 5) is 15.0. The van der Waals surface area contributed by atoms with Crippen LogP contribution in [0.5, 0.6) is 0 Å². The van der Waals surface area contributed by atoms with Gasteiger partial charge in [0.1, 0.15) is 0 Å². The van der Waals surface area contributed by atoms with Gasteiger partial charge in [-0.05, 0) is 25.5 Å². The fraction of sp³-hybridized carbons (Fsp3) is 0.778. The highest BCUT2D eigenvalue weighted by Gasteiger charge is 2.39. The third-order valence-electron chi connectivity index (χ3n) is 2.61. The van der Waals surface area contributed by atoms with Crippen molar-refractivity contribution in [2.75, 3.05) is 11.5 Å². The fourth-order valence-corrected chi connectivity index (χ4v) is 4.44. The lowest BCUT2D eigenvalue weighted by molar-refractivity contribution is -0.137. The molecule has 1 saturated heterocycles. The first-order valence-electron chi connectivity index (χ1n) is 4.70. The van der Waals surface area contributed by atoms with E-state index in [1.807, 2.05) is 11.8 Å². The predicted octanol–water partition coefficient (Wildman–Crippen LogP) is 1.87. The van der Waals surface area contributed by atoms with E-state index in [-0.39, 0.29) is 4.75 Å². The number of nitrogens with zero attached hydrogens (tertiary/aromatic N) is 1. The monoisotopic (exact) mass is 231 g/mol. The highest BCUT2D eigenvalue weighted by atomic mass is 32.2. The maximum atomic E-state index is 10.7. The normalized spacial score (nSPS) is 37.2. The molecule has 14 heavy (non-hydrogen) atoms. The number of aliphatic imine (C=N–C) groups is 1. The standard InChI is InChI=1S/C9H13NO2S2/c1-9(3-2-4-14-9)8-10-6(5-13-8)7(11)12/h6H,2-5H2,1H3,(H,11,12). The van der Waals surface area contributed by atoms with Crippen LogP contribution < -0.4 is 0 Å². The van der Waals surface area contributed by atoms with Crippen LogP contribution in [-0.2, 0) is 4.79 Å². The molecule has 0 bridgehead atoms. The molecule has 1 fully saturated rings. The fourth-order valence-electron chi connectivity index (χ4n) is 1.74. The van der Waals surface area contributed by atoms with E-state index in [1.165, 1.54) is 12.2 Å². The molecule has 78 valence electrons. The van der Waals surface area contributed by atoms with E-state index in [1.54, 1.807) is 11.8 Å². The van der Waals surface area contributed by atoms with E-state index in [2.05, 4.69) is 11.9 Å². The Morgan fingerprint density at radius 2 is 2.50 bits per heavy atom. The topological polar surface area (TPSA) is 49.7 Å². The third kappa shape index (κ3) is 1.80. The lowest BCUT2D eigenvalue weighted by Gasteiger charge is -2.21. The summed E-state index contributed by atoms with van der Waals surface area (Å²) in [6.07, 6.45) is 2.36. The van der Waals surface area contributed by atoms with E-state index < -0.39 is 12.0 Å². The Balaban J connectivity index is 2.12. The maximum Gasteiger partial charge on any atom is 0.329 e. The summed E-state index contributed by atoms with van der Waals surface area (Å²) in [5.74, 6) is 0.994. The lowest BCUT2D eigenvalue weighted by atomic mass is 10.1. The molecule has 2 aliphatic rings. The minimum atomic E-state index is -0.793. The first-order chi connectivity index (χ1) is 6.62. The molecule has 2 unspecified atom stereocenters. The van der Waals surface area contributed by atoms with Crippen molar-refractivity contribution >= 4 is 34.5 Å². The van der Waals surface area contributed by atoms with Crippen LogP contribution in [0.2, 0.25) is 0 Å². The predicted molar refractivity (Wildman–Crippen MR) is 61.4 cm³/mol. The van der Waals surface area contributed by atoms with Crippen LogP contribution in [0, 0.1) is 0 Å². The quantitative estimate of drug-likeness (QED) is 0.788. The Morgan fingerprint density at radius 3 is 3.00 bits per heavy atom. The second-order valence-corrected chi connectivity index (χ2v) is 6.39. The minimum absolute atomic E-state index is 0.106. The molecule has 0 aromatic rings. The van der Waals surface area contributed by atoms with Gasteiger partial charge in [-0.25, -0.2) is 4.79 Å². The molecule has 3 nitrogen and oxygen atoms in total. The van der Waals surface area contributed by atoms with Gasteiger partial charge in [-0.1, -0.05) is 0 Å². The summed E-state index contributed by atoms with van der Waals surface area (Å²) in [6, 6.07) is -0.506. The van der Waals surface area contributed by atoms with Gasteiger partial charge in [0, 0.05) is 5.75 Å². The number of hydrogen-bond acceptors (Lipinski definition) is 4. The zero-order valence-corrected chi connectivity index (χ0v) is 9.66. The average molecular weight is 231 g/mol. The molecule has 2 aliphatic heterocycles. The number of carbonyl (C=O) groups is 1. The van der Waals surface area contributed by atoms with Gasteiger partial charge in [0.05, 0.1) is 9.79 Å². The average Bonchev–Trinajstić information content (AvgIpc) is 2.71. The van der Waals surface area contributed by atoms with Gasteiger partial charge in [-0.2, -0.15) is 0 Å². The summed E-state index contributed by atoms with van der Waals surface area (Å²) in [6.45, 7) is 2.18. The number of thioether (sulfide) groups is 2. The van der Waals surface area contributed by atoms with Crippen molar-refractivity contribution in [2.24, 2.45) is 4.99 Å². The molecule has 0 saturated carbocycles. The molecule has 0 spiro atoms. The Kier molecular flexibility index (Phi) is 2.79. The smallest absolute Gasteiger partial charge is 0.329 e. The molecular formula is C9H13NO2S2. The van der Waals surface area contributed by atoms with Crippen molar-refractivity contribution in [3.63, 3.8) is 0 Å². The van der Waals surface area contributed by atoms with Crippen LogP contribution in [0.4, 0.5) is 0 Å². The number of carboxylic acid groups (broad SMARTS) is 1. The summed E-state index contributed by atoms with van der Waals surface area (Å²) in [5.41, 5.74) is 0. The maximum absolute atomic E-state index is 10.7. The zero-order valence-electron chi connectivity index (χ0n) is 8.02. The van der Waals surface area contributed by atoms with Crippen molar-refractivity contribution in [3.05, 3.63) is 0 Å². The van der Waals surface area contributed by atoms with E-state index in [4.69, 9.17) is 5.11 Å². The van der Waals surface area contributed by atoms with E-state index in [9.17, 15) is 4.79 Å². The number of hydrogen-bond donors (Lipinski definition) is 1. The minimum Gasteiger partial charge on any atom is -0.480 e. The summed E-state index contributed by atoms with van der Waals surface area (Å²) in [7, 11) is 0. The van der Waals surface area contributed by atoms with Gasteiger partial charge < -0.3 is 5.11 Å². The number of carboxylic acids is 1. The molecule has 0 aromatic carbocycles. The van der Waals surface area contributed by atoms with E-state index in [0.29, 0.717) is 5.75 Å². The molecule has 2 atom stereocenters. The third-order valence-corrected chi connectivity index (χ3v) is 5.58. The Hall–Kier alpha value is -0.160. The Labute approximate surface area is 91.7 Å². The Bertz CT molecular complexity index is 285. The van der Waals surface area contributed by atoms with Gasteiger partial charge in [-0.15, -0.1) is 23.5 Å². The molecule has 0 amide bonds. The SMILES string of the molecule is CC1(C2=NC(C(=O)O)CS2)CCCS1. The van der Waals surface area contributed by atoms with Crippen LogP contribution in [0.1, 0.15) is 19.8 Å². The van der Waals surface area contributed by atoms with E-state index in [0.717, 1.165) is 11.5 Å². The van der Waals surface area contributed by atoms with Crippen LogP contribution in [0.25, 0.3) is 0 Å². The first-order valence-corrected chi connectivity index (χ1v) is 6.67. The molecule has 0 radical (unpaired) electrons. The molecule has 0 aliphatic carbocycles. The van der Waals surface area contributed by atoms with E-state index >= 15 is 0 Å². The molecule has 0 aromatic heterocycles. The Morgan fingerprint density at radius 1 is 1.71 bits per heavy atom. The van der Waals surface area contributed by atoms with Crippen molar-refractivity contribution in [1.29, 1.82) is 0 Å².